The smallest absolute Gasteiger partial charge is 0.306 e. The topological polar surface area (TPSA) is 68.7 Å². The fraction of sp³-hybridized carbons (Fsp3) is 0.647. The Morgan fingerprint density at radius 1 is 1.22 bits per heavy atom. The van der Waals surface area contributed by atoms with Gasteiger partial charge in [0, 0.05) is 51.2 Å². The summed E-state index contributed by atoms with van der Waals surface area (Å²) in [6, 6.07) is 4.51. The van der Waals surface area contributed by atoms with Gasteiger partial charge in [-0.15, -0.1) is 0 Å². The van der Waals surface area contributed by atoms with Crippen LogP contribution in [0.15, 0.2) is 24.5 Å². The van der Waals surface area contributed by atoms with E-state index in [0.29, 0.717) is 6.04 Å². The van der Waals surface area contributed by atoms with Gasteiger partial charge < -0.3 is 10.4 Å². The molecule has 126 valence electrons. The second kappa shape index (κ2) is 7.86. The average Bonchev–Trinajstić information content (AvgIpc) is 2.61. The Bertz CT molecular complexity index is 497. The summed E-state index contributed by atoms with van der Waals surface area (Å²) in [5, 5.41) is 12.6. The van der Waals surface area contributed by atoms with E-state index in [1.54, 1.807) is 0 Å². The van der Waals surface area contributed by atoms with Crippen molar-refractivity contribution in [3.63, 3.8) is 0 Å². The lowest BCUT2D eigenvalue weighted by Gasteiger charge is -2.40. The summed E-state index contributed by atoms with van der Waals surface area (Å²) >= 11 is 0. The van der Waals surface area contributed by atoms with Gasteiger partial charge in [-0.1, -0.05) is 0 Å². The molecule has 2 aliphatic heterocycles. The normalized spacial score (nSPS) is 22.8. The molecule has 0 bridgehead atoms. The molecule has 0 spiro atoms. The highest BCUT2D eigenvalue weighted by Crippen LogP contribution is 2.27. The Balaban J connectivity index is 1.69. The van der Waals surface area contributed by atoms with E-state index in [2.05, 4.69) is 32.2 Å². The number of rotatable bonds is 5. The number of pyridine rings is 1. The van der Waals surface area contributed by atoms with Gasteiger partial charge in [0.25, 0.3) is 0 Å². The van der Waals surface area contributed by atoms with Crippen molar-refractivity contribution in [1.82, 2.24) is 20.1 Å². The first-order chi connectivity index (χ1) is 11.2. The van der Waals surface area contributed by atoms with Crippen LogP contribution in [0.4, 0.5) is 0 Å². The Kier molecular flexibility index (Phi) is 5.59. The number of likely N-dealkylation sites (tertiary alicyclic amines) is 1. The molecule has 0 aromatic carbocycles. The van der Waals surface area contributed by atoms with Crippen LogP contribution in [0.1, 0.15) is 24.4 Å². The predicted octanol–water partition coefficient (Wildman–Crippen LogP) is 0.825. The van der Waals surface area contributed by atoms with E-state index in [9.17, 15) is 9.90 Å². The largest absolute Gasteiger partial charge is 0.481 e. The van der Waals surface area contributed by atoms with Gasteiger partial charge in [-0.3, -0.25) is 19.6 Å². The molecule has 6 heteroatoms. The monoisotopic (exact) mass is 318 g/mol. The number of nitrogens with one attached hydrogen (secondary N) is 1. The molecule has 3 rings (SSSR count). The highest BCUT2D eigenvalue weighted by atomic mass is 16.4. The van der Waals surface area contributed by atoms with Gasteiger partial charge in [0.1, 0.15) is 0 Å². The molecule has 0 radical (unpaired) electrons. The summed E-state index contributed by atoms with van der Waals surface area (Å²) in [7, 11) is 0. The maximum Gasteiger partial charge on any atom is 0.306 e. The number of piperazine rings is 1. The number of carboxylic acid groups (broad SMARTS) is 1. The van der Waals surface area contributed by atoms with Crippen molar-refractivity contribution in [1.29, 1.82) is 0 Å². The van der Waals surface area contributed by atoms with Crippen molar-refractivity contribution >= 4 is 5.97 Å². The van der Waals surface area contributed by atoms with E-state index in [0.717, 1.165) is 58.7 Å². The molecule has 23 heavy (non-hydrogen) atoms. The minimum Gasteiger partial charge on any atom is -0.481 e. The van der Waals surface area contributed by atoms with Crippen molar-refractivity contribution in [3.8, 4) is 0 Å². The first-order valence-electron chi connectivity index (χ1n) is 8.54. The Hall–Kier alpha value is -1.50. The molecular weight excluding hydrogens is 292 g/mol. The molecule has 1 unspecified atom stereocenters. The molecule has 1 aromatic rings. The molecule has 0 saturated carbocycles. The zero-order valence-electron chi connectivity index (χ0n) is 13.5. The minimum absolute atomic E-state index is 0.177. The zero-order chi connectivity index (χ0) is 16.1. The van der Waals surface area contributed by atoms with E-state index < -0.39 is 5.97 Å². The highest BCUT2D eigenvalue weighted by Gasteiger charge is 2.30. The molecule has 6 nitrogen and oxygen atoms in total. The number of carbonyl (C=O) groups is 1. The second-order valence-electron chi connectivity index (χ2n) is 6.50. The van der Waals surface area contributed by atoms with E-state index in [-0.39, 0.29) is 5.92 Å². The molecule has 0 amide bonds. The molecule has 2 aliphatic rings. The summed E-state index contributed by atoms with van der Waals surface area (Å²) in [6.45, 7) is 6.96. The summed E-state index contributed by atoms with van der Waals surface area (Å²) in [5.74, 6) is -0.823. The van der Waals surface area contributed by atoms with Gasteiger partial charge in [0.15, 0.2) is 0 Å². The summed E-state index contributed by atoms with van der Waals surface area (Å²) in [5.41, 5.74) is 1.28. The lowest BCUT2D eigenvalue weighted by Crippen LogP contribution is -2.48. The fourth-order valence-corrected chi connectivity index (χ4v) is 3.61. The maximum absolute atomic E-state index is 11.2. The zero-order valence-corrected chi connectivity index (χ0v) is 13.5. The van der Waals surface area contributed by atoms with Crippen LogP contribution in [-0.2, 0) is 4.79 Å². The van der Waals surface area contributed by atoms with E-state index >= 15 is 0 Å². The summed E-state index contributed by atoms with van der Waals surface area (Å²) in [4.78, 5) is 20.3. The van der Waals surface area contributed by atoms with Gasteiger partial charge in [0.05, 0.1) is 5.92 Å². The predicted molar refractivity (Wildman–Crippen MR) is 88.2 cm³/mol. The number of nitrogens with zero attached hydrogens (tertiary/aromatic N) is 3. The van der Waals surface area contributed by atoms with Crippen LogP contribution in [0.3, 0.4) is 0 Å². The van der Waals surface area contributed by atoms with Crippen molar-refractivity contribution < 1.29 is 9.90 Å². The van der Waals surface area contributed by atoms with Gasteiger partial charge in [-0.25, -0.2) is 0 Å². The van der Waals surface area contributed by atoms with E-state index in [4.69, 9.17) is 0 Å². The lowest BCUT2D eigenvalue weighted by atomic mass is 9.94. The van der Waals surface area contributed by atoms with E-state index in [1.165, 1.54) is 5.56 Å². The van der Waals surface area contributed by atoms with Crippen molar-refractivity contribution in [2.24, 2.45) is 5.92 Å². The Labute approximate surface area is 137 Å². The van der Waals surface area contributed by atoms with Gasteiger partial charge in [0.2, 0.25) is 0 Å². The standard InChI is InChI=1S/C17H26N4O2/c22-17(23)15-3-9-21(10-4-15)16(14-1-5-18-6-2-14)13-20-11-7-19-8-12-20/h1-2,5-6,15-16,19H,3-4,7-13H2,(H,22,23). The quantitative estimate of drug-likeness (QED) is 0.838. The first kappa shape index (κ1) is 16.4. The lowest BCUT2D eigenvalue weighted by molar-refractivity contribution is -0.143. The van der Waals surface area contributed by atoms with Crippen LogP contribution in [0.2, 0.25) is 0 Å². The van der Waals surface area contributed by atoms with Crippen LogP contribution in [0, 0.1) is 5.92 Å². The third-order valence-corrected chi connectivity index (χ3v) is 5.05. The molecule has 2 fully saturated rings. The Morgan fingerprint density at radius 2 is 1.87 bits per heavy atom. The molecule has 2 N–H and O–H groups in total. The van der Waals surface area contributed by atoms with Crippen LogP contribution in [-0.4, -0.2) is 71.7 Å². The molecule has 0 aliphatic carbocycles. The molecule has 1 atom stereocenters. The third-order valence-electron chi connectivity index (χ3n) is 5.05. The SMILES string of the molecule is O=C(O)C1CCN(C(CN2CCNCC2)c2ccncc2)CC1. The number of hydrogen-bond acceptors (Lipinski definition) is 5. The van der Waals surface area contributed by atoms with E-state index in [1.807, 2.05) is 12.4 Å². The third kappa shape index (κ3) is 4.28. The van der Waals surface area contributed by atoms with Crippen LogP contribution < -0.4 is 5.32 Å². The average molecular weight is 318 g/mol. The van der Waals surface area contributed by atoms with Crippen LogP contribution >= 0.6 is 0 Å². The molecule has 2 saturated heterocycles. The maximum atomic E-state index is 11.2. The highest BCUT2D eigenvalue weighted by molar-refractivity contribution is 5.70. The van der Waals surface area contributed by atoms with Gasteiger partial charge in [-0.2, -0.15) is 0 Å². The van der Waals surface area contributed by atoms with Crippen molar-refractivity contribution in [2.45, 2.75) is 18.9 Å². The number of carboxylic acids is 1. The van der Waals surface area contributed by atoms with Crippen molar-refractivity contribution in [3.05, 3.63) is 30.1 Å². The number of hydrogen-bond donors (Lipinski definition) is 2. The number of aliphatic carboxylic acids is 1. The summed E-state index contributed by atoms with van der Waals surface area (Å²) in [6.07, 6.45) is 5.20. The molecule has 1 aromatic heterocycles. The van der Waals surface area contributed by atoms with Gasteiger partial charge >= 0.3 is 5.97 Å². The second-order valence-corrected chi connectivity index (χ2v) is 6.50. The van der Waals surface area contributed by atoms with Gasteiger partial charge in [-0.05, 0) is 43.6 Å². The first-order valence-corrected chi connectivity index (χ1v) is 8.54. The van der Waals surface area contributed by atoms with Crippen LogP contribution in [0.25, 0.3) is 0 Å². The number of aromatic nitrogens is 1. The minimum atomic E-state index is -0.646. The molecule has 3 heterocycles. The number of piperidine rings is 1. The van der Waals surface area contributed by atoms with Crippen molar-refractivity contribution in [2.75, 3.05) is 45.8 Å². The van der Waals surface area contributed by atoms with Crippen LogP contribution in [0.5, 0.6) is 0 Å². The Morgan fingerprint density at radius 3 is 2.48 bits per heavy atom. The summed E-state index contributed by atoms with van der Waals surface area (Å²) < 4.78 is 0. The molecular formula is C17H26N4O2. The fourth-order valence-electron chi connectivity index (χ4n) is 3.61.